The third-order valence-corrected chi connectivity index (χ3v) is 1.95. The van der Waals surface area contributed by atoms with Gasteiger partial charge < -0.3 is 15.6 Å². The van der Waals surface area contributed by atoms with Gasteiger partial charge in [-0.1, -0.05) is 0 Å². The maximum absolute atomic E-state index is 11.2. The zero-order valence-corrected chi connectivity index (χ0v) is 11.0. The van der Waals surface area contributed by atoms with E-state index in [0.717, 1.165) is 0 Å². The fourth-order valence-corrected chi connectivity index (χ4v) is 1.08. The average Bonchev–Trinajstić information content (AvgIpc) is 2.34. The summed E-state index contributed by atoms with van der Waals surface area (Å²) in [6.07, 6.45) is 0.0961. The molecule has 0 aliphatic rings. The van der Waals surface area contributed by atoms with Gasteiger partial charge in [-0.3, -0.25) is 19.9 Å². The molecule has 9 nitrogen and oxygen atoms in total. The molecule has 0 aromatic carbocycles. The van der Waals surface area contributed by atoms with E-state index in [4.69, 9.17) is 10.8 Å². The molecule has 0 saturated carbocycles. The summed E-state index contributed by atoms with van der Waals surface area (Å²) >= 11 is 0. The highest BCUT2D eigenvalue weighted by atomic mass is 16.6. The van der Waals surface area contributed by atoms with Crippen molar-refractivity contribution in [3.63, 3.8) is 0 Å². The molecule has 1 atom stereocenters. The van der Waals surface area contributed by atoms with Crippen molar-refractivity contribution in [2.24, 2.45) is 10.7 Å². The lowest BCUT2D eigenvalue weighted by atomic mass is 10.2. The molecule has 0 radical (unpaired) electrons. The molecular formula is C10H20N4O5. The van der Waals surface area contributed by atoms with Crippen molar-refractivity contribution < 1.29 is 24.3 Å². The van der Waals surface area contributed by atoms with Crippen LogP contribution in [0.4, 0.5) is 4.79 Å². The molecule has 19 heavy (non-hydrogen) atoms. The summed E-state index contributed by atoms with van der Waals surface area (Å²) in [6, 6.07) is -0.910. The second kappa shape index (κ2) is 10.1. The Labute approximate surface area is 111 Å². The van der Waals surface area contributed by atoms with E-state index in [2.05, 4.69) is 25.4 Å². The summed E-state index contributed by atoms with van der Waals surface area (Å²) in [5.41, 5.74) is 7.71. The molecular weight excluding hydrogens is 256 g/mol. The standard InChI is InChI=1S/C10H20N4O5/c1-3-19-10(17)13-9(14-18-2)12-6-4-5-7(11)8(15)16/h7H,3-6,11H2,1-2H3,(H,15,16)(H2,12,13,14,17). The number of nitrogens with two attached hydrogens (primary N) is 1. The Hall–Kier alpha value is -1.87. The first-order valence-corrected chi connectivity index (χ1v) is 5.76. The molecule has 1 unspecified atom stereocenters. The van der Waals surface area contributed by atoms with Gasteiger partial charge >= 0.3 is 12.1 Å². The van der Waals surface area contributed by atoms with Gasteiger partial charge in [-0.15, -0.1) is 0 Å². The summed E-state index contributed by atoms with van der Waals surface area (Å²) in [7, 11) is 1.36. The number of carboxylic acids is 1. The number of aliphatic carboxylic acids is 1. The predicted octanol–water partition coefficient (Wildman–Crippen LogP) is -0.568. The van der Waals surface area contributed by atoms with Crippen molar-refractivity contribution >= 4 is 18.0 Å². The molecule has 9 heteroatoms. The zero-order valence-electron chi connectivity index (χ0n) is 11.0. The van der Waals surface area contributed by atoms with Gasteiger partial charge in [0.25, 0.3) is 0 Å². The Balaban J connectivity index is 4.12. The molecule has 0 fully saturated rings. The van der Waals surface area contributed by atoms with Gasteiger partial charge in [-0.25, -0.2) is 10.3 Å². The highest BCUT2D eigenvalue weighted by molar-refractivity contribution is 5.93. The van der Waals surface area contributed by atoms with Crippen LogP contribution in [0.2, 0.25) is 0 Å². The molecule has 1 amide bonds. The second-order valence-corrected chi connectivity index (χ2v) is 3.47. The number of rotatable bonds is 7. The summed E-state index contributed by atoms with van der Waals surface area (Å²) in [6.45, 7) is 2.20. The summed E-state index contributed by atoms with van der Waals surface area (Å²) in [5, 5.41) is 10.9. The molecule has 0 heterocycles. The maximum Gasteiger partial charge on any atom is 0.413 e. The van der Waals surface area contributed by atoms with Gasteiger partial charge in [-0.05, 0) is 19.8 Å². The van der Waals surface area contributed by atoms with Crippen LogP contribution >= 0.6 is 0 Å². The normalized spacial score (nSPS) is 12.7. The van der Waals surface area contributed by atoms with Gasteiger partial charge in [0.15, 0.2) is 0 Å². The molecule has 0 saturated heterocycles. The van der Waals surface area contributed by atoms with Crippen LogP contribution in [0.5, 0.6) is 0 Å². The van der Waals surface area contributed by atoms with E-state index < -0.39 is 18.1 Å². The monoisotopic (exact) mass is 276 g/mol. The van der Waals surface area contributed by atoms with Crippen LogP contribution < -0.4 is 16.5 Å². The lowest BCUT2D eigenvalue weighted by Gasteiger charge is -2.09. The molecule has 0 bridgehead atoms. The first kappa shape index (κ1) is 17.1. The number of carbonyl (C=O) groups is 2. The largest absolute Gasteiger partial charge is 0.480 e. The molecule has 0 aliphatic heterocycles. The van der Waals surface area contributed by atoms with Crippen molar-refractivity contribution in [3.8, 4) is 0 Å². The molecule has 0 rings (SSSR count). The summed E-state index contributed by atoms with van der Waals surface area (Å²) < 4.78 is 4.67. The van der Waals surface area contributed by atoms with Gasteiger partial charge in [0.1, 0.15) is 6.04 Å². The number of ether oxygens (including phenoxy) is 1. The van der Waals surface area contributed by atoms with Crippen molar-refractivity contribution in [2.45, 2.75) is 25.8 Å². The van der Waals surface area contributed by atoms with E-state index in [-0.39, 0.29) is 12.6 Å². The first-order valence-electron chi connectivity index (χ1n) is 5.76. The molecule has 5 N–H and O–H groups in total. The van der Waals surface area contributed by atoms with Gasteiger partial charge in [0.05, 0.1) is 13.7 Å². The number of carboxylic acid groups (broad SMARTS) is 1. The number of hydrogen-bond acceptors (Lipinski definition) is 6. The number of carbonyl (C=O) groups excluding carboxylic acids is 1. The maximum atomic E-state index is 11.2. The number of hydrogen-bond donors (Lipinski definition) is 4. The predicted molar refractivity (Wildman–Crippen MR) is 67.4 cm³/mol. The van der Waals surface area contributed by atoms with E-state index in [9.17, 15) is 9.59 Å². The van der Waals surface area contributed by atoms with Crippen LogP contribution in [0.25, 0.3) is 0 Å². The first-order chi connectivity index (χ1) is 9.01. The Bertz CT molecular complexity index is 321. The van der Waals surface area contributed by atoms with Crippen LogP contribution in [0.15, 0.2) is 4.99 Å². The van der Waals surface area contributed by atoms with Crippen LogP contribution in [0.1, 0.15) is 19.8 Å². The number of nitrogens with zero attached hydrogens (tertiary/aromatic N) is 1. The summed E-state index contributed by atoms with van der Waals surface area (Å²) in [5.74, 6) is -0.964. The molecule has 0 spiro atoms. The molecule has 0 aliphatic carbocycles. The van der Waals surface area contributed by atoms with E-state index in [1.54, 1.807) is 6.92 Å². The number of amides is 1. The number of alkyl carbamates (subject to hydrolysis) is 1. The Morgan fingerprint density at radius 3 is 2.68 bits per heavy atom. The number of hydroxylamine groups is 1. The van der Waals surface area contributed by atoms with Gasteiger partial charge in [0, 0.05) is 6.54 Å². The fraction of sp³-hybridized carbons (Fsp3) is 0.700. The zero-order chi connectivity index (χ0) is 14.7. The van der Waals surface area contributed by atoms with Crippen molar-refractivity contribution in [1.29, 1.82) is 0 Å². The lowest BCUT2D eigenvalue weighted by molar-refractivity contribution is -0.138. The average molecular weight is 276 g/mol. The highest BCUT2D eigenvalue weighted by Gasteiger charge is 2.10. The number of guanidine groups is 1. The van der Waals surface area contributed by atoms with Crippen molar-refractivity contribution in [1.82, 2.24) is 10.8 Å². The Morgan fingerprint density at radius 1 is 1.47 bits per heavy atom. The van der Waals surface area contributed by atoms with Crippen LogP contribution in [0, 0.1) is 0 Å². The van der Waals surface area contributed by atoms with Crippen molar-refractivity contribution in [2.75, 3.05) is 20.3 Å². The Morgan fingerprint density at radius 2 is 2.16 bits per heavy atom. The minimum atomic E-state index is -1.05. The Kier molecular flexibility index (Phi) is 9.10. The quantitative estimate of drug-likeness (QED) is 0.211. The van der Waals surface area contributed by atoms with E-state index >= 15 is 0 Å². The van der Waals surface area contributed by atoms with Gasteiger partial charge in [0.2, 0.25) is 5.96 Å². The highest BCUT2D eigenvalue weighted by Crippen LogP contribution is 1.95. The smallest absolute Gasteiger partial charge is 0.413 e. The minimum Gasteiger partial charge on any atom is -0.480 e. The van der Waals surface area contributed by atoms with Crippen LogP contribution in [-0.4, -0.2) is 49.4 Å². The lowest BCUT2D eigenvalue weighted by Crippen LogP contribution is -2.41. The SMILES string of the molecule is CCOC(=O)NC(=NCCCC(N)C(=O)O)NOC. The summed E-state index contributed by atoms with van der Waals surface area (Å²) in [4.78, 5) is 30.2. The van der Waals surface area contributed by atoms with Gasteiger partial charge in [-0.2, -0.15) is 0 Å². The number of aliphatic imine (C=N–C) groups is 1. The minimum absolute atomic E-state index is 0.0878. The van der Waals surface area contributed by atoms with E-state index in [1.165, 1.54) is 7.11 Å². The third kappa shape index (κ3) is 8.80. The third-order valence-electron chi connectivity index (χ3n) is 1.95. The fourth-order valence-electron chi connectivity index (χ4n) is 1.08. The van der Waals surface area contributed by atoms with E-state index in [0.29, 0.717) is 19.4 Å². The van der Waals surface area contributed by atoms with Crippen LogP contribution in [-0.2, 0) is 14.4 Å². The molecule has 110 valence electrons. The van der Waals surface area contributed by atoms with E-state index in [1.807, 2.05) is 0 Å². The van der Waals surface area contributed by atoms with Crippen molar-refractivity contribution in [3.05, 3.63) is 0 Å². The molecule has 0 aromatic rings. The molecule has 0 aromatic heterocycles. The topological polar surface area (TPSA) is 135 Å². The second-order valence-electron chi connectivity index (χ2n) is 3.47. The number of nitrogens with one attached hydrogen (secondary N) is 2. The van der Waals surface area contributed by atoms with Crippen LogP contribution in [0.3, 0.4) is 0 Å².